The van der Waals surface area contributed by atoms with Crippen LogP contribution in [0.1, 0.15) is 21.7 Å². The van der Waals surface area contributed by atoms with Crippen LogP contribution in [0.4, 0.5) is 0 Å². The van der Waals surface area contributed by atoms with E-state index in [0.717, 1.165) is 32.5 Å². The van der Waals surface area contributed by atoms with Crippen molar-refractivity contribution in [2.24, 2.45) is 0 Å². The Labute approximate surface area is 142 Å². The molecule has 112 valence electrons. The van der Waals surface area contributed by atoms with Crippen molar-refractivity contribution in [1.82, 2.24) is 0 Å². The van der Waals surface area contributed by atoms with Crippen LogP contribution in [0.2, 0.25) is 0 Å². The van der Waals surface area contributed by atoms with E-state index in [4.69, 9.17) is 4.42 Å². The highest BCUT2D eigenvalue weighted by Gasteiger charge is 2.24. The number of rotatable bonds is 2. The molecule has 0 saturated heterocycles. The second kappa shape index (κ2) is 5.67. The van der Waals surface area contributed by atoms with Gasteiger partial charge in [-0.2, -0.15) is 0 Å². The van der Waals surface area contributed by atoms with Gasteiger partial charge >= 0.3 is 0 Å². The summed E-state index contributed by atoms with van der Waals surface area (Å²) in [5.41, 5.74) is 3.68. The maximum atomic E-state index is 12.4. The van der Waals surface area contributed by atoms with Crippen LogP contribution in [0.5, 0.6) is 0 Å². The largest absolute Gasteiger partial charge is 0.457 e. The molecular formula is C20H13BrO2. The Morgan fingerprint density at radius 1 is 0.957 bits per heavy atom. The second-order valence-electron chi connectivity index (χ2n) is 5.54. The van der Waals surface area contributed by atoms with Gasteiger partial charge in [-0.25, -0.2) is 0 Å². The van der Waals surface area contributed by atoms with Gasteiger partial charge in [0.2, 0.25) is 0 Å². The average molecular weight is 365 g/mol. The Balaban J connectivity index is 1.64. The summed E-state index contributed by atoms with van der Waals surface area (Å²) < 4.78 is 6.91. The highest BCUT2D eigenvalue weighted by atomic mass is 79.9. The van der Waals surface area contributed by atoms with Crippen LogP contribution >= 0.6 is 15.9 Å². The number of benzene rings is 2. The molecule has 0 fully saturated rings. The Morgan fingerprint density at radius 3 is 2.52 bits per heavy atom. The lowest BCUT2D eigenvalue weighted by atomic mass is 10.1. The monoisotopic (exact) mass is 364 g/mol. The molecule has 0 bridgehead atoms. The van der Waals surface area contributed by atoms with Crippen molar-refractivity contribution in [2.75, 3.05) is 0 Å². The summed E-state index contributed by atoms with van der Waals surface area (Å²) in [7, 11) is 0. The fourth-order valence-corrected chi connectivity index (χ4v) is 3.11. The highest BCUT2D eigenvalue weighted by molar-refractivity contribution is 9.10. The summed E-state index contributed by atoms with van der Waals surface area (Å²) in [5.74, 6) is 1.61. The van der Waals surface area contributed by atoms with Crippen LogP contribution in [-0.2, 0) is 6.42 Å². The molecule has 1 aliphatic rings. The summed E-state index contributed by atoms with van der Waals surface area (Å²) in [6.45, 7) is 0. The van der Waals surface area contributed by atoms with E-state index in [9.17, 15) is 4.79 Å². The number of ketones is 1. The van der Waals surface area contributed by atoms with E-state index in [-0.39, 0.29) is 5.78 Å². The molecule has 0 unspecified atom stereocenters. The third-order valence-electron chi connectivity index (χ3n) is 4.01. The summed E-state index contributed by atoms with van der Waals surface area (Å²) in [6, 6.07) is 19.5. The zero-order chi connectivity index (χ0) is 15.8. The molecule has 1 heterocycles. The molecule has 1 aliphatic carbocycles. The first-order chi connectivity index (χ1) is 11.2. The number of hydrogen-bond acceptors (Lipinski definition) is 2. The SMILES string of the molecule is O=C1/C(=C/c2ccc(-c3ccc(Br)cc3)o2)Cc2ccccc21. The van der Waals surface area contributed by atoms with Gasteiger partial charge in [0.15, 0.2) is 5.78 Å². The number of Topliss-reactive ketones (excluding diaryl/α,β-unsaturated/α-hetero) is 1. The van der Waals surface area contributed by atoms with E-state index in [1.807, 2.05) is 66.7 Å². The molecule has 0 radical (unpaired) electrons. The van der Waals surface area contributed by atoms with E-state index >= 15 is 0 Å². The standard InChI is InChI=1S/C20H13BrO2/c21-16-7-5-13(6-8-16)19-10-9-17(23-19)12-15-11-14-3-1-2-4-18(14)20(15)22/h1-10,12H,11H2/b15-12+. The van der Waals surface area contributed by atoms with Crippen molar-refractivity contribution in [3.8, 4) is 11.3 Å². The predicted molar refractivity (Wildman–Crippen MR) is 94.3 cm³/mol. The van der Waals surface area contributed by atoms with Gasteiger partial charge in [-0.3, -0.25) is 4.79 Å². The van der Waals surface area contributed by atoms with Gasteiger partial charge < -0.3 is 4.42 Å². The van der Waals surface area contributed by atoms with Gasteiger partial charge in [0.25, 0.3) is 0 Å². The molecule has 2 nitrogen and oxygen atoms in total. The Hall–Kier alpha value is -2.39. The van der Waals surface area contributed by atoms with E-state index in [1.165, 1.54) is 0 Å². The smallest absolute Gasteiger partial charge is 0.189 e. The first-order valence-electron chi connectivity index (χ1n) is 7.40. The molecule has 2 aromatic carbocycles. The molecule has 3 aromatic rings. The molecule has 0 spiro atoms. The molecule has 0 amide bonds. The fraction of sp³-hybridized carbons (Fsp3) is 0.0500. The van der Waals surface area contributed by atoms with Crippen LogP contribution in [0.3, 0.4) is 0 Å². The lowest BCUT2D eigenvalue weighted by molar-refractivity contribution is 0.104. The number of carbonyl (C=O) groups excluding carboxylic acids is 1. The fourth-order valence-electron chi connectivity index (χ4n) is 2.84. The van der Waals surface area contributed by atoms with Crippen molar-refractivity contribution in [2.45, 2.75) is 6.42 Å². The number of hydrogen-bond donors (Lipinski definition) is 0. The molecule has 4 rings (SSSR count). The van der Waals surface area contributed by atoms with Crippen LogP contribution in [0.25, 0.3) is 17.4 Å². The predicted octanol–water partition coefficient (Wildman–Crippen LogP) is 5.53. The van der Waals surface area contributed by atoms with E-state index in [2.05, 4.69) is 15.9 Å². The molecule has 0 aliphatic heterocycles. The van der Waals surface area contributed by atoms with Gasteiger partial charge in [-0.1, -0.05) is 52.3 Å². The van der Waals surface area contributed by atoms with E-state index in [1.54, 1.807) is 0 Å². The zero-order valence-electron chi connectivity index (χ0n) is 12.3. The molecule has 0 saturated carbocycles. The molecular weight excluding hydrogens is 352 g/mol. The molecule has 3 heteroatoms. The topological polar surface area (TPSA) is 30.2 Å². The minimum atomic E-state index is 0.0993. The number of furan rings is 1. The normalized spacial score (nSPS) is 15.2. The molecule has 0 atom stereocenters. The van der Waals surface area contributed by atoms with E-state index < -0.39 is 0 Å². The van der Waals surface area contributed by atoms with Crippen molar-refractivity contribution < 1.29 is 9.21 Å². The van der Waals surface area contributed by atoms with Gasteiger partial charge in [0, 0.05) is 27.6 Å². The first-order valence-corrected chi connectivity index (χ1v) is 8.19. The summed E-state index contributed by atoms with van der Waals surface area (Å²) in [5, 5.41) is 0. The number of halogens is 1. The van der Waals surface area contributed by atoms with Gasteiger partial charge in [0.05, 0.1) is 0 Å². The highest BCUT2D eigenvalue weighted by Crippen LogP contribution is 2.29. The number of allylic oxidation sites excluding steroid dienone is 1. The van der Waals surface area contributed by atoms with Crippen LogP contribution in [-0.4, -0.2) is 5.78 Å². The Kier molecular flexibility index (Phi) is 3.50. The third-order valence-corrected chi connectivity index (χ3v) is 4.54. The van der Waals surface area contributed by atoms with Crippen LogP contribution in [0, 0.1) is 0 Å². The Bertz CT molecular complexity index is 917. The Morgan fingerprint density at radius 2 is 1.74 bits per heavy atom. The van der Waals surface area contributed by atoms with E-state index in [0.29, 0.717) is 12.2 Å². The van der Waals surface area contributed by atoms with Gasteiger partial charge in [0.1, 0.15) is 11.5 Å². The van der Waals surface area contributed by atoms with Crippen molar-refractivity contribution in [1.29, 1.82) is 0 Å². The van der Waals surface area contributed by atoms with Crippen molar-refractivity contribution in [3.63, 3.8) is 0 Å². The zero-order valence-corrected chi connectivity index (χ0v) is 13.8. The molecule has 23 heavy (non-hydrogen) atoms. The minimum Gasteiger partial charge on any atom is -0.457 e. The van der Waals surface area contributed by atoms with Gasteiger partial charge in [-0.05, 0) is 35.9 Å². The lowest BCUT2D eigenvalue weighted by Gasteiger charge is -1.97. The lowest BCUT2D eigenvalue weighted by Crippen LogP contribution is -1.94. The van der Waals surface area contributed by atoms with Crippen LogP contribution in [0.15, 0.2) is 75.1 Å². The quantitative estimate of drug-likeness (QED) is 0.559. The summed E-state index contributed by atoms with van der Waals surface area (Å²) in [4.78, 5) is 12.4. The third kappa shape index (κ3) is 2.68. The first kappa shape index (κ1) is 14.2. The molecule has 0 N–H and O–H groups in total. The van der Waals surface area contributed by atoms with Crippen molar-refractivity contribution >= 4 is 27.8 Å². The summed E-state index contributed by atoms with van der Waals surface area (Å²) in [6.07, 6.45) is 2.52. The van der Waals surface area contributed by atoms with Crippen molar-refractivity contribution in [3.05, 3.63) is 87.6 Å². The number of fused-ring (bicyclic) bond motifs is 1. The molecule has 1 aromatic heterocycles. The minimum absolute atomic E-state index is 0.0993. The number of carbonyl (C=O) groups is 1. The van der Waals surface area contributed by atoms with Crippen LogP contribution < -0.4 is 0 Å². The maximum absolute atomic E-state index is 12.4. The second-order valence-corrected chi connectivity index (χ2v) is 6.46. The van der Waals surface area contributed by atoms with Gasteiger partial charge in [-0.15, -0.1) is 0 Å². The summed E-state index contributed by atoms with van der Waals surface area (Å²) >= 11 is 3.42. The maximum Gasteiger partial charge on any atom is 0.189 e. The average Bonchev–Trinajstić information content (AvgIpc) is 3.15.